The fourth-order valence-electron chi connectivity index (χ4n) is 2.46. The van der Waals surface area contributed by atoms with Gasteiger partial charge in [-0.2, -0.15) is 5.10 Å². The van der Waals surface area contributed by atoms with Gasteiger partial charge in [0.2, 0.25) is 11.8 Å². The number of hydrogen-bond donors (Lipinski definition) is 3. The number of nitrogens with one attached hydrogen (secondary N) is 3. The number of carbonyl (C=O) groups is 3. The summed E-state index contributed by atoms with van der Waals surface area (Å²) in [5.74, 6) is -0.820. The van der Waals surface area contributed by atoms with E-state index in [0.29, 0.717) is 17.1 Å². The van der Waals surface area contributed by atoms with Crippen LogP contribution in [0.15, 0.2) is 30.3 Å². The summed E-state index contributed by atoms with van der Waals surface area (Å²) in [6, 6.07) is 7.47. The van der Waals surface area contributed by atoms with Gasteiger partial charge in [-0.1, -0.05) is 12.1 Å². The van der Waals surface area contributed by atoms with Gasteiger partial charge in [0.15, 0.2) is 5.82 Å². The van der Waals surface area contributed by atoms with Crippen molar-refractivity contribution in [2.24, 2.45) is 7.05 Å². The molecular weight excluding hydrogens is 310 g/mol. The number of fused-ring (bicyclic) bond motifs is 1. The van der Waals surface area contributed by atoms with Gasteiger partial charge in [-0.15, -0.1) is 0 Å². The maximum Gasteiger partial charge on any atom is 0.254 e. The second kappa shape index (κ2) is 6.15. The minimum atomic E-state index is -0.949. The van der Waals surface area contributed by atoms with Crippen molar-refractivity contribution in [3.05, 3.63) is 41.6 Å². The molecule has 0 unspecified atom stereocenters. The average molecular weight is 327 g/mol. The van der Waals surface area contributed by atoms with Crippen LogP contribution < -0.4 is 16.0 Å². The van der Waals surface area contributed by atoms with Crippen LogP contribution in [0, 0.1) is 6.92 Å². The van der Waals surface area contributed by atoms with Crippen molar-refractivity contribution >= 4 is 29.2 Å². The van der Waals surface area contributed by atoms with Crippen LogP contribution in [0.4, 0.5) is 11.5 Å². The highest BCUT2D eigenvalue weighted by Gasteiger charge is 2.29. The van der Waals surface area contributed by atoms with E-state index in [9.17, 15) is 14.4 Å². The van der Waals surface area contributed by atoms with Crippen molar-refractivity contribution in [3.63, 3.8) is 0 Å². The normalized spacial score (nSPS) is 16.7. The molecule has 1 aromatic heterocycles. The largest absolute Gasteiger partial charge is 0.340 e. The van der Waals surface area contributed by atoms with E-state index in [0.717, 1.165) is 5.69 Å². The van der Waals surface area contributed by atoms with Crippen molar-refractivity contribution in [1.82, 2.24) is 15.1 Å². The minimum absolute atomic E-state index is 0.179. The molecule has 1 atom stereocenters. The summed E-state index contributed by atoms with van der Waals surface area (Å²) in [4.78, 5) is 36.6. The number of rotatable bonds is 3. The molecule has 3 rings (SSSR count). The van der Waals surface area contributed by atoms with Gasteiger partial charge >= 0.3 is 0 Å². The predicted molar refractivity (Wildman–Crippen MR) is 87.5 cm³/mol. The van der Waals surface area contributed by atoms with Gasteiger partial charge in [0.25, 0.3) is 5.91 Å². The predicted octanol–water partition coefficient (Wildman–Crippen LogP) is 0.808. The molecule has 8 nitrogen and oxygen atoms in total. The number of hydrogen-bond acceptors (Lipinski definition) is 4. The number of para-hydroxylation sites is 1. The van der Waals surface area contributed by atoms with Crippen molar-refractivity contribution in [3.8, 4) is 0 Å². The highest BCUT2D eigenvalue weighted by molar-refractivity contribution is 6.11. The van der Waals surface area contributed by atoms with Crippen molar-refractivity contribution < 1.29 is 14.4 Å². The molecule has 2 aromatic rings. The molecular formula is C16H17N5O3. The zero-order valence-electron chi connectivity index (χ0n) is 13.3. The molecule has 3 N–H and O–H groups in total. The SMILES string of the molecule is Cc1cc(NC(=O)C[C@H]2NC(=O)c3ccccc3NC2=O)nn1C. The smallest absolute Gasteiger partial charge is 0.254 e. The van der Waals surface area contributed by atoms with Gasteiger partial charge in [0, 0.05) is 18.8 Å². The Labute approximate surface area is 138 Å². The lowest BCUT2D eigenvalue weighted by molar-refractivity contribution is -0.122. The molecule has 0 fully saturated rings. The summed E-state index contributed by atoms with van der Waals surface area (Å²) in [5.41, 5.74) is 1.69. The number of amides is 3. The quantitative estimate of drug-likeness (QED) is 0.775. The third kappa shape index (κ3) is 3.12. The molecule has 24 heavy (non-hydrogen) atoms. The molecule has 0 saturated heterocycles. The Bertz CT molecular complexity index is 807. The summed E-state index contributed by atoms with van der Waals surface area (Å²) in [7, 11) is 1.77. The van der Waals surface area contributed by atoms with E-state index in [-0.39, 0.29) is 6.42 Å². The van der Waals surface area contributed by atoms with Gasteiger partial charge in [-0.3, -0.25) is 19.1 Å². The Morgan fingerprint density at radius 1 is 1.33 bits per heavy atom. The molecule has 1 aliphatic rings. The molecule has 8 heteroatoms. The summed E-state index contributed by atoms with van der Waals surface area (Å²) >= 11 is 0. The molecule has 1 aromatic carbocycles. The van der Waals surface area contributed by atoms with E-state index in [1.807, 2.05) is 6.92 Å². The third-order valence-electron chi connectivity index (χ3n) is 3.82. The first-order chi connectivity index (χ1) is 11.4. The van der Waals surface area contributed by atoms with Crippen LogP contribution in [0.3, 0.4) is 0 Å². The monoisotopic (exact) mass is 327 g/mol. The molecule has 1 aliphatic heterocycles. The Morgan fingerprint density at radius 3 is 2.79 bits per heavy atom. The van der Waals surface area contributed by atoms with Crippen LogP contribution in [0.2, 0.25) is 0 Å². The number of nitrogens with zero attached hydrogens (tertiary/aromatic N) is 2. The summed E-state index contributed by atoms with van der Waals surface area (Å²) < 4.78 is 1.63. The number of aromatic nitrogens is 2. The zero-order valence-corrected chi connectivity index (χ0v) is 13.3. The van der Waals surface area contributed by atoms with Crippen molar-refractivity contribution in [2.45, 2.75) is 19.4 Å². The summed E-state index contributed by atoms with van der Waals surface area (Å²) in [6.45, 7) is 1.86. The topological polar surface area (TPSA) is 105 Å². The van der Waals surface area contributed by atoms with E-state index >= 15 is 0 Å². The van der Waals surface area contributed by atoms with E-state index < -0.39 is 23.8 Å². The first-order valence-electron chi connectivity index (χ1n) is 7.45. The van der Waals surface area contributed by atoms with E-state index in [2.05, 4.69) is 21.0 Å². The van der Waals surface area contributed by atoms with Crippen LogP contribution in [-0.2, 0) is 16.6 Å². The summed E-state index contributed by atoms with van der Waals surface area (Å²) in [6.07, 6.45) is -0.179. The van der Waals surface area contributed by atoms with Crippen LogP contribution in [0.25, 0.3) is 0 Å². The standard InChI is InChI=1S/C16H17N5O3/c1-9-7-13(20-21(9)2)19-14(22)8-12-16(24)17-11-6-4-3-5-10(11)15(23)18-12/h3-7,12H,8H2,1-2H3,(H,17,24)(H,18,23)(H,19,20,22)/t12-/m1/s1. The molecule has 124 valence electrons. The second-order valence-corrected chi connectivity index (χ2v) is 5.61. The lowest BCUT2D eigenvalue weighted by Crippen LogP contribution is -2.43. The number of benzene rings is 1. The lowest BCUT2D eigenvalue weighted by atomic mass is 10.1. The molecule has 0 aliphatic carbocycles. The fourth-order valence-corrected chi connectivity index (χ4v) is 2.46. The molecule has 0 bridgehead atoms. The lowest BCUT2D eigenvalue weighted by Gasteiger charge is -2.13. The van der Waals surface area contributed by atoms with E-state index in [1.165, 1.54) is 0 Å². The first kappa shape index (κ1) is 15.7. The van der Waals surface area contributed by atoms with Gasteiger partial charge in [0.05, 0.1) is 17.7 Å². The number of anilines is 2. The Kier molecular flexibility index (Phi) is 4.03. The molecule has 2 heterocycles. The number of carbonyl (C=O) groups excluding carboxylic acids is 3. The maximum absolute atomic E-state index is 12.2. The average Bonchev–Trinajstić information content (AvgIpc) is 2.78. The van der Waals surface area contributed by atoms with Gasteiger partial charge in [0.1, 0.15) is 6.04 Å². The summed E-state index contributed by atoms with van der Waals surface area (Å²) in [5, 5.41) is 12.0. The van der Waals surface area contributed by atoms with Crippen molar-refractivity contribution in [1.29, 1.82) is 0 Å². The van der Waals surface area contributed by atoms with Gasteiger partial charge in [-0.25, -0.2) is 0 Å². The molecule has 0 saturated carbocycles. The highest BCUT2D eigenvalue weighted by Crippen LogP contribution is 2.19. The maximum atomic E-state index is 12.2. The Balaban J connectivity index is 1.70. The van der Waals surface area contributed by atoms with Crippen LogP contribution in [-0.4, -0.2) is 33.5 Å². The van der Waals surface area contributed by atoms with E-state index in [4.69, 9.17) is 0 Å². The number of aryl methyl sites for hydroxylation is 2. The minimum Gasteiger partial charge on any atom is -0.340 e. The van der Waals surface area contributed by atoms with Crippen LogP contribution in [0.5, 0.6) is 0 Å². The molecule has 0 radical (unpaired) electrons. The Hall–Kier alpha value is -3.16. The highest BCUT2D eigenvalue weighted by atomic mass is 16.2. The molecule has 0 spiro atoms. The fraction of sp³-hybridized carbons (Fsp3) is 0.250. The van der Waals surface area contributed by atoms with Crippen LogP contribution in [0.1, 0.15) is 22.5 Å². The zero-order chi connectivity index (χ0) is 17.3. The van der Waals surface area contributed by atoms with Crippen molar-refractivity contribution in [2.75, 3.05) is 10.6 Å². The van der Waals surface area contributed by atoms with Crippen LogP contribution >= 0.6 is 0 Å². The third-order valence-corrected chi connectivity index (χ3v) is 3.82. The second-order valence-electron chi connectivity index (χ2n) is 5.61. The molecule has 3 amide bonds. The first-order valence-corrected chi connectivity index (χ1v) is 7.45. The Morgan fingerprint density at radius 2 is 2.08 bits per heavy atom. The van der Waals surface area contributed by atoms with Gasteiger partial charge < -0.3 is 16.0 Å². The van der Waals surface area contributed by atoms with E-state index in [1.54, 1.807) is 42.1 Å². The van der Waals surface area contributed by atoms with Gasteiger partial charge in [-0.05, 0) is 19.1 Å².